The lowest BCUT2D eigenvalue weighted by molar-refractivity contribution is 0.240. The fourth-order valence-corrected chi connectivity index (χ4v) is 3.30. The summed E-state index contributed by atoms with van der Waals surface area (Å²) in [5.74, 6) is 0. The van der Waals surface area contributed by atoms with Gasteiger partial charge in [-0.1, -0.05) is 60.7 Å². The zero-order chi connectivity index (χ0) is 14.5. The Kier molecular flexibility index (Phi) is 5.27. The lowest BCUT2D eigenvalue weighted by Crippen LogP contribution is -2.25. The highest BCUT2D eigenvalue weighted by molar-refractivity contribution is 7.42. The lowest BCUT2D eigenvalue weighted by Gasteiger charge is -2.35. The molecule has 0 unspecified atom stereocenters. The second-order valence-electron chi connectivity index (χ2n) is 4.82. The van der Waals surface area contributed by atoms with Crippen LogP contribution in [-0.4, -0.2) is 14.5 Å². The Morgan fingerprint density at radius 3 is 1.40 bits per heavy atom. The van der Waals surface area contributed by atoms with Gasteiger partial charge in [0.1, 0.15) is 0 Å². The van der Waals surface area contributed by atoms with Crippen LogP contribution in [0.1, 0.15) is 37.1 Å². The molecule has 20 heavy (non-hydrogen) atoms. The van der Waals surface area contributed by atoms with E-state index in [-0.39, 0.29) is 12.1 Å². The van der Waals surface area contributed by atoms with Crippen molar-refractivity contribution in [3.05, 3.63) is 71.8 Å². The van der Waals surface area contributed by atoms with E-state index in [1.807, 2.05) is 74.5 Å². The average molecular weight is 289 g/mol. The van der Waals surface area contributed by atoms with Crippen LogP contribution in [0.25, 0.3) is 0 Å². The molecular weight excluding hydrogens is 269 g/mol. The van der Waals surface area contributed by atoms with Gasteiger partial charge in [-0.3, -0.25) is 0 Å². The van der Waals surface area contributed by atoms with Gasteiger partial charge >= 0.3 is 0 Å². The third-order valence-corrected chi connectivity index (χ3v) is 4.67. The van der Waals surface area contributed by atoms with E-state index in [4.69, 9.17) is 0 Å². The summed E-state index contributed by atoms with van der Waals surface area (Å²) < 4.78 is 1.75. The summed E-state index contributed by atoms with van der Waals surface area (Å²) in [7, 11) is -2.16. The summed E-state index contributed by atoms with van der Waals surface area (Å²) in [6.45, 7) is 3.99. The topological polar surface area (TPSA) is 43.7 Å². The van der Waals surface area contributed by atoms with Gasteiger partial charge in [0.05, 0.1) is 0 Å². The van der Waals surface area contributed by atoms with E-state index in [2.05, 4.69) is 0 Å². The molecule has 0 fully saturated rings. The van der Waals surface area contributed by atoms with E-state index in [1.54, 1.807) is 4.67 Å². The van der Waals surface area contributed by atoms with Crippen molar-refractivity contribution in [2.45, 2.75) is 25.9 Å². The molecule has 2 rings (SSSR count). The number of nitrogens with zero attached hydrogens (tertiary/aromatic N) is 1. The Morgan fingerprint density at radius 2 is 1.10 bits per heavy atom. The van der Waals surface area contributed by atoms with Crippen molar-refractivity contribution >= 4 is 8.53 Å². The van der Waals surface area contributed by atoms with Crippen LogP contribution in [0.3, 0.4) is 0 Å². The smallest absolute Gasteiger partial charge is 0.254 e. The van der Waals surface area contributed by atoms with Crippen LogP contribution in [0, 0.1) is 0 Å². The second kappa shape index (κ2) is 6.96. The average Bonchev–Trinajstić information content (AvgIpc) is 2.48. The van der Waals surface area contributed by atoms with Crippen LogP contribution in [-0.2, 0) is 0 Å². The highest BCUT2D eigenvalue weighted by Crippen LogP contribution is 2.45. The van der Waals surface area contributed by atoms with E-state index in [1.165, 1.54) is 0 Å². The molecule has 2 atom stereocenters. The van der Waals surface area contributed by atoms with Crippen LogP contribution in [0.5, 0.6) is 0 Å². The van der Waals surface area contributed by atoms with E-state index in [0.29, 0.717) is 0 Å². The molecule has 0 aliphatic carbocycles. The summed E-state index contributed by atoms with van der Waals surface area (Å²) in [5.41, 5.74) is 2.15. The van der Waals surface area contributed by atoms with Crippen LogP contribution in [0.4, 0.5) is 0 Å². The molecule has 0 saturated heterocycles. The van der Waals surface area contributed by atoms with Gasteiger partial charge in [-0.25, -0.2) is 4.67 Å². The van der Waals surface area contributed by atoms with Gasteiger partial charge in [-0.15, -0.1) is 0 Å². The zero-order valence-corrected chi connectivity index (χ0v) is 12.6. The molecule has 106 valence electrons. The molecule has 0 aliphatic rings. The first kappa shape index (κ1) is 15.1. The maximum atomic E-state index is 9.82. The van der Waals surface area contributed by atoms with Crippen molar-refractivity contribution in [1.82, 2.24) is 4.67 Å². The van der Waals surface area contributed by atoms with Gasteiger partial charge < -0.3 is 9.79 Å². The fraction of sp³-hybridized carbons (Fsp3) is 0.250. The van der Waals surface area contributed by atoms with Crippen molar-refractivity contribution in [1.29, 1.82) is 0 Å². The predicted octanol–water partition coefficient (Wildman–Crippen LogP) is 4.02. The fourth-order valence-electron chi connectivity index (χ4n) is 2.41. The molecule has 0 aliphatic heterocycles. The minimum atomic E-state index is -2.16. The molecular formula is C16H20NO2P. The highest BCUT2D eigenvalue weighted by Gasteiger charge is 2.28. The molecule has 2 N–H and O–H groups in total. The number of hydrogen-bond acceptors (Lipinski definition) is 3. The lowest BCUT2D eigenvalue weighted by atomic mass is 10.0. The Labute approximate surface area is 121 Å². The predicted molar refractivity (Wildman–Crippen MR) is 82.9 cm³/mol. The number of rotatable bonds is 5. The highest BCUT2D eigenvalue weighted by atomic mass is 31.2. The third-order valence-electron chi connectivity index (χ3n) is 3.56. The number of benzene rings is 2. The zero-order valence-electron chi connectivity index (χ0n) is 11.7. The first-order chi connectivity index (χ1) is 9.61. The molecule has 0 radical (unpaired) electrons. The summed E-state index contributed by atoms with van der Waals surface area (Å²) in [5, 5.41) is 0. The van der Waals surface area contributed by atoms with E-state index in [9.17, 15) is 9.79 Å². The van der Waals surface area contributed by atoms with Crippen molar-refractivity contribution < 1.29 is 9.79 Å². The van der Waals surface area contributed by atoms with Gasteiger partial charge in [-0.05, 0) is 25.0 Å². The van der Waals surface area contributed by atoms with Gasteiger partial charge in [0.15, 0.2) is 0 Å². The van der Waals surface area contributed by atoms with Gasteiger partial charge in [0.25, 0.3) is 8.53 Å². The quantitative estimate of drug-likeness (QED) is 0.817. The summed E-state index contributed by atoms with van der Waals surface area (Å²) in [4.78, 5) is 19.6. The van der Waals surface area contributed by atoms with Crippen LogP contribution >= 0.6 is 8.53 Å². The van der Waals surface area contributed by atoms with Crippen molar-refractivity contribution in [3.8, 4) is 0 Å². The van der Waals surface area contributed by atoms with Crippen LogP contribution in [0.2, 0.25) is 0 Å². The summed E-state index contributed by atoms with van der Waals surface area (Å²) in [6.07, 6.45) is 0. The van der Waals surface area contributed by atoms with Crippen molar-refractivity contribution in [2.24, 2.45) is 0 Å². The van der Waals surface area contributed by atoms with Crippen molar-refractivity contribution in [2.75, 3.05) is 0 Å². The monoisotopic (exact) mass is 289 g/mol. The minimum absolute atomic E-state index is 0.0625. The second-order valence-corrected chi connectivity index (χ2v) is 5.82. The molecule has 3 nitrogen and oxygen atoms in total. The van der Waals surface area contributed by atoms with Gasteiger partial charge in [0.2, 0.25) is 0 Å². The van der Waals surface area contributed by atoms with E-state index < -0.39 is 8.53 Å². The molecule has 2 aromatic carbocycles. The van der Waals surface area contributed by atoms with E-state index in [0.717, 1.165) is 11.1 Å². The Balaban J connectivity index is 2.28. The molecule has 0 heterocycles. The largest absolute Gasteiger partial charge is 0.338 e. The molecule has 0 spiro atoms. The maximum Gasteiger partial charge on any atom is 0.254 e. The minimum Gasteiger partial charge on any atom is -0.338 e. The Bertz CT molecular complexity index is 473. The SMILES string of the molecule is C[C@H](c1ccccc1)N([C@H](C)c1ccccc1)P(O)O. The maximum absolute atomic E-state index is 9.82. The Hall–Kier alpha value is -1.25. The first-order valence-electron chi connectivity index (χ1n) is 6.67. The van der Waals surface area contributed by atoms with Gasteiger partial charge in [0, 0.05) is 12.1 Å². The summed E-state index contributed by atoms with van der Waals surface area (Å²) in [6, 6.07) is 19.7. The molecule has 2 aromatic rings. The molecule has 0 saturated carbocycles. The normalized spacial score (nSPS) is 14.5. The molecule has 0 bridgehead atoms. The third kappa shape index (κ3) is 3.44. The number of hydrogen-bond donors (Lipinski definition) is 2. The standard InChI is InChI=1S/C16H20NO2P/c1-13(15-9-5-3-6-10-15)17(20(18)19)14(2)16-11-7-4-8-12-16/h3-14,18-19H,1-2H3/t13-,14-/m1/s1. The Morgan fingerprint density at radius 1 is 0.750 bits per heavy atom. The summed E-state index contributed by atoms with van der Waals surface area (Å²) >= 11 is 0. The van der Waals surface area contributed by atoms with Gasteiger partial charge in [-0.2, -0.15) is 0 Å². The van der Waals surface area contributed by atoms with Crippen LogP contribution < -0.4 is 0 Å². The van der Waals surface area contributed by atoms with Crippen molar-refractivity contribution in [3.63, 3.8) is 0 Å². The molecule has 0 aromatic heterocycles. The van der Waals surface area contributed by atoms with Crippen LogP contribution in [0.15, 0.2) is 60.7 Å². The molecule has 4 heteroatoms. The first-order valence-corrected chi connectivity index (χ1v) is 7.87. The van der Waals surface area contributed by atoms with E-state index >= 15 is 0 Å². The molecule has 0 amide bonds.